The molecule has 0 aliphatic carbocycles. The van der Waals surface area contributed by atoms with E-state index in [1.165, 1.54) is 10.4 Å². The zero-order chi connectivity index (χ0) is 20.4. The highest BCUT2D eigenvalue weighted by molar-refractivity contribution is 7.89. The zero-order valence-electron chi connectivity index (χ0n) is 16.7. The third-order valence-corrected chi connectivity index (χ3v) is 7.05. The number of aliphatic carboxylic acids is 1. The maximum absolute atomic E-state index is 13.3. The van der Waals surface area contributed by atoms with Crippen molar-refractivity contribution in [2.24, 2.45) is 5.92 Å². The molecule has 1 saturated heterocycles. The van der Waals surface area contributed by atoms with Gasteiger partial charge in [0.1, 0.15) is 5.75 Å². The standard InChI is InChI=1S/C19H30N2O5S/c1-13(2)17-10-16(8-9-18(17)26-5)27(24,25)21-11-14(19(22)23)6-7-15(12-21)20(3)4/h8-10,13-15H,6-7,11-12H2,1-5H3,(H,22,23)/t14-,15+/m0/s1. The smallest absolute Gasteiger partial charge is 0.307 e. The topological polar surface area (TPSA) is 87.2 Å². The quantitative estimate of drug-likeness (QED) is 0.791. The summed E-state index contributed by atoms with van der Waals surface area (Å²) in [6.07, 6.45) is 1.11. The molecular weight excluding hydrogens is 368 g/mol. The molecule has 1 aliphatic rings. The number of carboxylic acids is 1. The van der Waals surface area contributed by atoms with E-state index in [2.05, 4.69) is 0 Å². The molecule has 1 aromatic carbocycles. The maximum Gasteiger partial charge on any atom is 0.307 e. The highest BCUT2D eigenvalue weighted by Crippen LogP contribution is 2.31. The van der Waals surface area contributed by atoms with Crippen molar-refractivity contribution in [2.75, 3.05) is 34.3 Å². The van der Waals surface area contributed by atoms with E-state index in [0.29, 0.717) is 18.6 Å². The van der Waals surface area contributed by atoms with Gasteiger partial charge >= 0.3 is 5.97 Å². The predicted molar refractivity (Wildman–Crippen MR) is 104 cm³/mol. The summed E-state index contributed by atoms with van der Waals surface area (Å²) in [5, 5.41) is 9.48. The first kappa shape index (κ1) is 21.7. The monoisotopic (exact) mass is 398 g/mol. The number of benzene rings is 1. The predicted octanol–water partition coefficient (Wildman–Crippen LogP) is 2.23. The van der Waals surface area contributed by atoms with Crippen LogP contribution in [0.5, 0.6) is 5.75 Å². The zero-order valence-corrected chi connectivity index (χ0v) is 17.5. The Labute approximate surface area is 162 Å². The van der Waals surface area contributed by atoms with Crippen LogP contribution in [-0.4, -0.2) is 69.0 Å². The van der Waals surface area contributed by atoms with Crippen molar-refractivity contribution in [1.29, 1.82) is 0 Å². The minimum atomic E-state index is -3.81. The number of hydrogen-bond acceptors (Lipinski definition) is 5. The molecule has 1 aromatic rings. The van der Waals surface area contributed by atoms with Crippen LogP contribution in [0.1, 0.15) is 38.2 Å². The first-order valence-electron chi connectivity index (χ1n) is 9.15. The average molecular weight is 399 g/mol. The molecule has 0 aromatic heterocycles. The lowest BCUT2D eigenvalue weighted by molar-refractivity contribution is -0.142. The molecule has 0 amide bonds. The summed E-state index contributed by atoms with van der Waals surface area (Å²) < 4.78 is 33.3. The number of ether oxygens (including phenoxy) is 1. The van der Waals surface area contributed by atoms with Crippen LogP contribution in [-0.2, 0) is 14.8 Å². The van der Waals surface area contributed by atoms with E-state index in [-0.39, 0.29) is 29.9 Å². The Bertz CT molecular complexity index is 776. The van der Waals surface area contributed by atoms with Crippen LogP contribution in [0.25, 0.3) is 0 Å². The molecule has 2 rings (SSSR count). The average Bonchev–Trinajstić information content (AvgIpc) is 2.85. The summed E-state index contributed by atoms with van der Waals surface area (Å²) >= 11 is 0. The van der Waals surface area contributed by atoms with Crippen molar-refractivity contribution in [2.45, 2.75) is 43.5 Å². The molecule has 0 spiro atoms. The number of rotatable bonds is 6. The molecule has 7 nitrogen and oxygen atoms in total. The van der Waals surface area contributed by atoms with E-state index < -0.39 is 21.9 Å². The van der Waals surface area contributed by atoms with Crippen LogP contribution < -0.4 is 4.74 Å². The van der Waals surface area contributed by atoms with Crippen LogP contribution in [0.3, 0.4) is 0 Å². The second kappa shape index (κ2) is 8.58. The second-order valence-corrected chi connectivity index (χ2v) is 9.55. The molecule has 1 aliphatic heterocycles. The Balaban J connectivity index is 2.45. The number of carbonyl (C=O) groups is 1. The Morgan fingerprint density at radius 2 is 1.93 bits per heavy atom. The molecule has 1 heterocycles. The Morgan fingerprint density at radius 3 is 2.44 bits per heavy atom. The van der Waals surface area contributed by atoms with Gasteiger partial charge in [0, 0.05) is 19.1 Å². The van der Waals surface area contributed by atoms with Gasteiger partial charge in [-0.2, -0.15) is 4.31 Å². The fourth-order valence-corrected chi connectivity index (χ4v) is 4.98. The van der Waals surface area contributed by atoms with Crippen molar-refractivity contribution in [3.05, 3.63) is 23.8 Å². The lowest BCUT2D eigenvalue weighted by Gasteiger charge is -2.28. The first-order valence-corrected chi connectivity index (χ1v) is 10.6. The number of nitrogens with zero attached hydrogens (tertiary/aromatic N) is 2. The number of carboxylic acid groups (broad SMARTS) is 1. The van der Waals surface area contributed by atoms with Gasteiger partial charge in [0.25, 0.3) is 0 Å². The fourth-order valence-electron chi connectivity index (χ4n) is 3.42. The lowest BCUT2D eigenvalue weighted by atomic mass is 10.0. The lowest BCUT2D eigenvalue weighted by Crippen LogP contribution is -2.43. The van der Waals surface area contributed by atoms with Crippen LogP contribution in [0, 0.1) is 5.92 Å². The molecule has 0 bridgehead atoms. The van der Waals surface area contributed by atoms with Crippen molar-refractivity contribution in [3.63, 3.8) is 0 Å². The maximum atomic E-state index is 13.3. The van der Waals surface area contributed by atoms with Gasteiger partial charge in [-0.25, -0.2) is 8.42 Å². The molecule has 0 radical (unpaired) electrons. The van der Waals surface area contributed by atoms with Crippen molar-refractivity contribution in [3.8, 4) is 5.75 Å². The van der Waals surface area contributed by atoms with Crippen LogP contribution in [0.15, 0.2) is 23.1 Å². The molecule has 8 heteroatoms. The van der Waals surface area contributed by atoms with E-state index >= 15 is 0 Å². The third kappa shape index (κ3) is 4.80. The number of likely N-dealkylation sites (N-methyl/N-ethyl adjacent to an activating group) is 1. The Kier molecular flexibility index (Phi) is 6.88. The summed E-state index contributed by atoms with van der Waals surface area (Å²) in [5.41, 5.74) is 0.812. The van der Waals surface area contributed by atoms with Crippen molar-refractivity contribution in [1.82, 2.24) is 9.21 Å². The first-order chi connectivity index (χ1) is 12.6. The molecule has 0 unspecified atom stereocenters. The molecule has 1 N–H and O–H groups in total. The summed E-state index contributed by atoms with van der Waals surface area (Å²) in [6.45, 7) is 4.22. The molecular formula is C19H30N2O5S. The highest BCUT2D eigenvalue weighted by Gasteiger charge is 2.36. The van der Waals surface area contributed by atoms with Gasteiger partial charge in [0.15, 0.2) is 0 Å². The van der Waals surface area contributed by atoms with Gasteiger partial charge < -0.3 is 14.7 Å². The molecule has 27 heavy (non-hydrogen) atoms. The minimum absolute atomic E-state index is 0.00888. The van der Waals surface area contributed by atoms with Crippen LogP contribution in [0.2, 0.25) is 0 Å². The van der Waals surface area contributed by atoms with Gasteiger partial charge in [-0.1, -0.05) is 13.8 Å². The van der Waals surface area contributed by atoms with Gasteiger partial charge in [-0.3, -0.25) is 4.79 Å². The summed E-state index contributed by atoms with van der Waals surface area (Å²) in [5.74, 6) is -0.908. The van der Waals surface area contributed by atoms with E-state index in [1.807, 2.05) is 32.8 Å². The summed E-state index contributed by atoms with van der Waals surface area (Å²) in [6, 6.07) is 4.82. The number of hydrogen-bond donors (Lipinski definition) is 1. The number of methoxy groups -OCH3 is 1. The minimum Gasteiger partial charge on any atom is -0.496 e. The third-order valence-electron chi connectivity index (χ3n) is 5.23. The Hall–Kier alpha value is -1.64. The van der Waals surface area contributed by atoms with Gasteiger partial charge in [-0.05, 0) is 56.6 Å². The van der Waals surface area contributed by atoms with E-state index in [0.717, 1.165) is 5.56 Å². The second-order valence-electron chi connectivity index (χ2n) is 7.61. The molecule has 1 fully saturated rings. The van der Waals surface area contributed by atoms with Crippen molar-refractivity contribution >= 4 is 16.0 Å². The van der Waals surface area contributed by atoms with E-state index in [4.69, 9.17) is 4.74 Å². The fraction of sp³-hybridized carbons (Fsp3) is 0.632. The molecule has 0 saturated carbocycles. The van der Waals surface area contributed by atoms with Crippen LogP contribution in [0.4, 0.5) is 0 Å². The van der Waals surface area contributed by atoms with Crippen LogP contribution >= 0.6 is 0 Å². The van der Waals surface area contributed by atoms with Gasteiger partial charge in [0.05, 0.1) is 17.9 Å². The molecule has 152 valence electrons. The van der Waals surface area contributed by atoms with Crippen molar-refractivity contribution < 1.29 is 23.1 Å². The van der Waals surface area contributed by atoms with Gasteiger partial charge in [-0.15, -0.1) is 0 Å². The van der Waals surface area contributed by atoms with E-state index in [1.54, 1.807) is 19.2 Å². The Morgan fingerprint density at radius 1 is 1.26 bits per heavy atom. The van der Waals surface area contributed by atoms with Gasteiger partial charge in [0.2, 0.25) is 10.0 Å². The highest BCUT2D eigenvalue weighted by atomic mass is 32.2. The molecule has 2 atom stereocenters. The summed E-state index contributed by atoms with van der Waals surface area (Å²) in [7, 11) is 1.53. The number of sulfonamides is 1. The summed E-state index contributed by atoms with van der Waals surface area (Å²) in [4.78, 5) is 13.7. The van der Waals surface area contributed by atoms with E-state index in [9.17, 15) is 18.3 Å². The SMILES string of the molecule is COc1ccc(S(=O)(=O)N2C[C@@H](C(=O)O)CC[C@@H](N(C)C)C2)cc1C(C)C. The largest absolute Gasteiger partial charge is 0.496 e. The normalized spacial score (nSPS) is 22.0.